The minimum Gasteiger partial charge on any atom is -0.366 e. The summed E-state index contributed by atoms with van der Waals surface area (Å²) < 4.78 is 13.8. The van der Waals surface area contributed by atoms with Gasteiger partial charge in [0.15, 0.2) is 0 Å². The third-order valence-electron chi connectivity index (χ3n) is 3.39. The van der Waals surface area contributed by atoms with Gasteiger partial charge in [-0.05, 0) is 38.3 Å². The number of halogens is 1. The van der Waals surface area contributed by atoms with Gasteiger partial charge in [-0.3, -0.25) is 0 Å². The zero-order valence-electron chi connectivity index (χ0n) is 9.91. The number of rotatable bonds is 1. The molecule has 1 aliphatic heterocycles. The Kier molecular flexibility index (Phi) is 3.15. The molecule has 1 saturated heterocycles. The molecule has 0 bridgehead atoms. The maximum absolute atomic E-state index is 13.8. The van der Waals surface area contributed by atoms with Crippen LogP contribution in [0.4, 0.5) is 10.1 Å². The summed E-state index contributed by atoms with van der Waals surface area (Å²) in [5.74, 6) is -0.123. The molecular formula is C13H19FN2. The lowest BCUT2D eigenvalue weighted by atomic mass is 9.97. The fourth-order valence-electron chi connectivity index (χ4n) is 2.53. The number of hydrogen-bond acceptors (Lipinski definition) is 2. The Labute approximate surface area is 96.2 Å². The van der Waals surface area contributed by atoms with Gasteiger partial charge in [-0.15, -0.1) is 0 Å². The van der Waals surface area contributed by atoms with Crippen molar-refractivity contribution in [3.05, 3.63) is 29.6 Å². The second kappa shape index (κ2) is 4.42. The van der Waals surface area contributed by atoms with Gasteiger partial charge in [-0.25, -0.2) is 4.39 Å². The van der Waals surface area contributed by atoms with Gasteiger partial charge < -0.3 is 10.6 Å². The van der Waals surface area contributed by atoms with Crippen molar-refractivity contribution < 1.29 is 4.39 Å². The Balaban J connectivity index is 2.30. The second-order valence-electron chi connectivity index (χ2n) is 4.73. The van der Waals surface area contributed by atoms with Gasteiger partial charge in [0.25, 0.3) is 0 Å². The minimum atomic E-state index is -0.123. The lowest BCUT2D eigenvalue weighted by Crippen LogP contribution is -2.46. The second-order valence-corrected chi connectivity index (χ2v) is 4.73. The number of hydrogen-bond donors (Lipinski definition) is 1. The highest BCUT2D eigenvalue weighted by Crippen LogP contribution is 2.29. The van der Waals surface area contributed by atoms with Crippen molar-refractivity contribution in [2.45, 2.75) is 38.8 Å². The van der Waals surface area contributed by atoms with Crippen molar-refractivity contribution in [2.24, 2.45) is 5.73 Å². The van der Waals surface area contributed by atoms with E-state index in [1.807, 2.05) is 13.0 Å². The Morgan fingerprint density at radius 1 is 1.44 bits per heavy atom. The third-order valence-corrected chi connectivity index (χ3v) is 3.39. The van der Waals surface area contributed by atoms with Gasteiger partial charge in [0.05, 0.1) is 5.69 Å². The van der Waals surface area contributed by atoms with Crippen LogP contribution in [0.3, 0.4) is 0 Å². The van der Waals surface area contributed by atoms with E-state index in [1.54, 1.807) is 6.07 Å². The van der Waals surface area contributed by atoms with Crippen molar-refractivity contribution in [3.63, 3.8) is 0 Å². The van der Waals surface area contributed by atoms with Crippen molar-refractivity contribution >= 4 is 5.69 Å². The van der Waals surface area contributed by atoms with E-state index in [1.165, 1.54) is 6.07 Å². The van der Waals surface area contributed by atoms with Crippen LogP contribution in [0, 0.1) is 12.7 Å². The monoisotopic (exact) mass is 222 g/mol. The molecule has 0 aliphatic carbocycles. The van der Waals surface area contributed by atoms with E-state index in [2.05, 4.69) is 11.8 Å². The quantitative estimate of drug-likeness (QED) is 0.791. The van der Waals surface area contributed by atoms with Crippen molar-refractivity contribution in [1.82, 2.24) is 0 Å². The van der Waals surface area contributed by atoms with E-state index in [0.717, 1.165) is 30.6 Å². The highest BCUT2D eigenvalue weighted by atomic mass is 19.1. The number of aryl methyl sites for hydroxylation is 1. The van der Waals surface area contributed by atoms with Crippen molar-refractivity contribution in [1.29, 1.82) is 0 Å². The van der Waals surface area contributed by atoms with Gasteiger partial charge >= 0.3 is 0 Å². The van der Waals surface area contributed by atoms with Gasteiger partial charge in [-0.2, -0.15) is 0 Å². The maximum Gasteiger partial charge on any atom is 0.146 e. The average molecular weight is 222 g/mol. The van der Waals surface area contributed by atoms with E-state index < -0.39 is 0 Å². The van der Waals surface area contributed by atoms with E-state index in [9.17, 15) is 4.39 Å². The van der Waals surface area contributed by atoms with Crippen LogP contribution in [0.1, 0.15) is 25.3 Å². The Morgan fingerprint density at radius 2 is 2.19 bits per heavy atom. The normalized spacial score (nSPS) is 25.9. The first kappa shape index (κ1) is 11.4. The molecule has 1 fully saturated rings. The number of para-hydroxylation sites is 1. The fraction of sp³-hybridized carbons (Fsp3) is 0.538. The number of nitrogens with two attached hydrogens (primary N) is 1. The SMILES string of the molecule is Cc1cccc(F)c1N1CCC(N)CC1C. The van der Waals surface area contributed by atoms with Crippen LogP contribution in [-0.2, 0) is 0 Å². The summed E-state index contributed by atoms with van der Waals surface area (Å²) in [5, 5.41) is 0. The summed E-state index contributed by atoms with van der Waals surface area (Å²) in [4.78, 5) is 2.15. The van der Waals surface area contributed by atoms with Crippen LogP contribution in [0.25, 0.3) is 0 Å². The molecule has 0 saturated carbocycles. The maximum atomic E-state index is 13.8. The smallest absolute Gasteiger partial charge is 0.146 e. The molecule has 0 amide bonds. The summed E-state index contributed by atoms with van der Waals surface area (Å²) in [6.45, 7) is 4.93. The van der Waals surface area contributed by atoms with Crippen LogP contribution in [0.5, 0.6) is 0 Å². The van der Waals surface area contributed by atoms with Crippen molar-refractivity contribution in [2.75, 3.05) is 11.4 Å². The molecule has 3 heteroatoms. The molecule has 0 aromatic heterocycles. The van der Waals surface area contributed by atoms with E-state index in [4.69, 9.17) is 5.73 Å². The summed E-state index contributed by atoms with van der Waals surface area (Å²) >= 11 is 0. The largest absolute Gasteiger partial charge is 0.366 e. The predicted molar refractivity (Wildman–Crippen MR) is 65.2 cm³/mol. The van der Waals surface area contributed by atoms with Gasteiger partial charge in [-0.1, -0.05) is 12.1 Å². The zero-order chi connectivity index (χ0) is 11.7. The molecule has 1 aliphatic rings. The molecule has 2 unspecified atom stereocenters. The molecule has 1 aromatic carbocycles. The van der Waals surface area contributed by atoms with Crippen LogP contribution >= 0.6 is 0 Å². The van der Waals surface area contributed by atoms with Gasteiger partial charge in [0, 0.05) is 18.6 Å². The Morgan fingerprint density at radius 3 is 2.81 bits per heavy atom. The van der Waals surface area contributed by atoms with Gasteiger partial charge in [0.2, 0.25) is 0 Å². The first-order valence-electron chi connectivity index (χ1n) is 5.87. The highest BCUT2D eigenvalue weighted by molar-refractivity contribution is 5.55. The summed E-state index contributed by atoms with van der Waals surface area (Å²) in [6, 6.07) is 5.83. The fourth-order valence-corrected chi connectivity index (χ4v) is 2.53. The Hall–Kier alpha value is -1.09. The molecule has 0 spiro atoms. The first-order chi connectivity index (χ1) is 7.59. The molecule has 1 aromatic rings. The first-order valence-corrected chi connectivity index (χ1v) is 5.87. The lowest BCUT2D eigenvalue weighted by molar-refractivity contribution is 0.424. The molecule has 2 nitrogen and oxygen atoms in total. The number of nitrogens with zero attached hydrogens (tertiary/aromatic N) is 1. The number of anilines is 1. The van der Waals surface area contributed by atoms with Crippen molar-refractivity contribution in [3.8, 4) is 0 Å². The summed E-state index contributed by atoms with van der Waals surface area (Å²) in [5.41, 5.74) is 7.68. The zero-order valence-corrected chi connectivity index (χ0v) is 9.91. The van der Waals surface area contributed by atoms with Crippen LogP contribution in [0.15, 0.2) is 18.2 Å². The van der Waals surface area contributed by atoms with Crippen LogP contribution < -0.4 is 10.6 Å². The predicted octanol–water partition coefficient (Wildman–Crippen LogP) is 2.45. The molecule has 16 heavy (non-hydrogen) atoms. The summed E-state index contributed by atoms with van der Waals surface area (Å²) in [7, 11) is 0. The molecular weight excluding hydrogens is 203 g/mol. The molecule has 88 valence electrons. The van der Waals surface area contributed by atoms with Crippen LogP contribution in [0.2, 0.25) is 0 Å². The molecule has 1 heterocycles. The van der Waals surface area contributed by atoms with E-state index in [0.29, 0.717) is 6.04 Å². The molecule has 2 N–H and O–H groups in total. The van der Waals surface area contributed by atoms with Crippen LogP contribution in [-0.4, -0.2) is 18.6 Å². The lowest BCUT2D eigenvalue weighted by Gasteiger charge is -2.39. The number of benzene rings is 1. The molecule has 2 rings (SSSR count). The van der Waals surface area contributed by atoms with Gasteiger partial charge in [0.1, 0.15) is 5.82 Å². The standard InChI is InChI=1S/C13H19FN2/c1-9-4-3-5-12(14)13(9)16-7-6-11(15)8-10(16)2/h3-5,10-11H,6-8,15H2,1-2H3. The summed E-state index contributed by atoms with van der Waals surface area (Å²) in [6.07, 6.45) is 1.88. The topological polar surface area (TPSA) is 29.3 Å². The average Bonchev–Trinajstić information content (AvgIpc) is 2.20. The highest BCUT2D eigenvalue weighted by Gasteiger charge is 2.25. The Bertz CT molecular complexity index is 358. The molecule has 2 atom stereocenters. The third kappa shape index (κ3) is 2.05. The van der Waals surface area contributed by atoms with E-state index >= 15 is 0 Å². The minimum absolute atomic E-state index is 0.123. The number of piperidine rings is 1. The van der Waals surface area contributed by atoms with E-state index in [-0.39, 0.29) is 11.9 Å². The molecule has 0 radical (unpaired) electrons.